The lowest BCUT2D eigenvalue weighted by atomic mass is 9.78. The number of aryl methyl sites for hydroxylation is 1. The first-order valence-corrected chi connectivity index (χ1v) is 8.29. The molecule has 0 amide bonds. The van der Waals surface area contributed by atoms with Gasteiger partial charge in [0.15, 0.2) is 0 Å². The molecule has 2 saturated heterocycles. The van der Waals surface area contributed by atoms with Crippen LogP contribution >= 0.6 is 11.8 Å². The van der Waals surface area contributed by atoms with E-state index in [9.17, 15) is 0 Å². The Balaban J connectivity index is 1.72. The number of ether oxygens (including phenoxy) is 1. The molecular formula is C14H23N3OS. The van der Waals surface area contributed by atoms with E-state index in [0.29, 0.717) is 5.92 Å². The molecule has 3 rings (SSSR count). The number of nitrogens with zero attached hydrogens (tertiary/aromatic N) is 2. The van der Waals surface area contributed by atoms with Crippen molar-refractivity contribution in [2.75, 3.05) is 18.1 Å². The van der Waals surface area contributed by atoms with Gasteiger partial charge < -0.3 is 15.0 Å². The fourth-order valence-electron chi connectivity index (χ4n) is 3.39. The normalized spacial score (nSPS) is 28.4. The second-order valence-corrected chi connectivity index (χ2v) is 7.08. The third-order valence-electron chi connectivity index (χ3n) is 4.64. The van der Waals surface area contributed by atoms with Crippen molar-refractivity contribution < 1.29 is 4.74 Å². The quantitative estimate of drug-likeness (QED) is 0.902. The summed E-state index contributed by atoms with van der Waals surface area (Å²) in [6.45, 7) is 0.862. The first-order chi connectivity index (χ1) is 9.20. The van der Waals surface area contributed by atoms with E-state index in [0.717, 1.165) is 25.1 Å². The van der Waals surface area contributed by atoms with Gasteiger partial charge in [-0.3, -0.25) is 0 Å². The third kappa shape index (κ3) is 2.69. The Morgan fingerprint density at radius 3 is 3.00 bits per heavy atom. The van der Waals surface area contributed by atoms with E-state index in [2.05, 4.69) is 4.98 Å². The summed E-state index contributed by atoms with van der Waals surface area (Å²) in [6, 6.07) is 0.0860. The predicted molar refractivity (Wildman–Crippen MR) is 78.1 cm³/mol. The van der Waals surface area contributed by atoms with E-state index in [1.807, 2.05) is 35.9 Å². The molecule has 106 valence electrons. The van der Waals surface area contributed by atoms with Crippen molar-refractivity contribution >= 4 is 11.8 Å². The van der Waals surface area contributed by atoms with E-state index in [4.69, 9.17) is 10.5 Å². The summed E-state index contributed by atoms with van der Waals surface area (Å²) in [5, 5.41) is 0. The Bertz CT molecular complexity index is 423. The number of hydrogen-bond donors (Lipinski definition) is 1. The topological polar surface area (TPSA) is 53.1 Å². The van der Waals surface area contributed by atoms with Crippen molar-refractivity contribution in [2.24, 2.45) is 18.7 Å². The molecular weight excluding hydrogens is 258 g/mol. The fourth-order valence-corrected chi connectivity index (χ4v) is 4.63. The molecule has 2 unspecified atom stereocenters. The van der Waals surface area contributed by atoms with Crippen LogP contribution < -0.4 is 5.73 Å². The predicted octanol–water partition coefficient (Wildman–Crippen LogP) is 2.11. The van der Waals surface area contributed by atoms with Crippen LogP contribution in [0.1, 0.15) is 37.4 Å². The van der Waals surface area contributed by atoms with Crippen LogP contribution in [-0.2, 0) is 11.8 Å². The summed E-state index contributed by atoms with van der Waals surface area (Å²) in [5.41, 5.74) is 7.74. The smallest absolute Gasteiger partial charge is 0.0946 e. The van der Waals surface area contributed by atoms with Gasteiger partial charge in [-0.1, -0.05) is 0 Å². The summed E-state index contributed by atoms with van der Waals surface area (Å²) in [4.78, 5) is 4.19. The van der Waals surface area contributed by atoms with Gasteiger partial charge in [0.2, 0.25) is 0 Å². The zero-order chi connectivity index (χ0) is 13.3. The minimum atomic E-state index is 0.0860. The number of thioether (sulfide) groups is 1. The number of rotatable bonds is 2. The molecule has 5 heteroatoms. The van der Waals surface area contributed by atoms with E-state index in [-0.39, 0.29) is 11.6 Å². The standard InChI is InChI=1S/C14H23N3OS/c1-17-10-16-9-12(17)13(15)11-2-5-18-14(8-11)3-6-19-7-4-14/h9-11,13H,2-8,15H2,1H3. The van der Waals surface area contributed by atoms with Gasteiger partial charge in [0.05, 0.1) is 17.6 Å². The number of imidazole rings is 1. The van der Waals surface area contributed by atoms with Gasteiger partial charge in [0.1, 0.15) is 0 Å². The molecule has 2 fully saturated rings. The average molecular weight is 281 g/mol. The van der Waals surface area contributed by atoms with Crippen molar-refractivity contribution in [3.63, 3.8) is 0 Å². The number of aromatic nitrogens is 2. The van der Waals surface area contributed by atoms with E-state index >= 15 is 0 Å². The molecule has 1 aromatic rings. The molecule has 0 aromatic carbocycles. The lowest BCUT2D eigenvalue weighted by Gasteiger charge is -2.44. The molecule has 0 bridgehead atoms. The van der Waals surface area contributed by atoms with Gasteiger partial charge in [-0.15, -0.1) is 0 Å². The van der Waals surface area contributed by atoms with Gasteiger partial charge in [-0.25, -0.2) is 4.98 Å². The summed E-state index contributed by atoms with van der Waals surface area (Å²) in [6.07, 6.45) is 8.30. The lowest BCUT2D eigenvalue weighted by Crippen LogP contribution is -2.45. The maximum atomic E-state index is 6.48. The Kier molecular flexibility index (Phi) is 3.87. The molecule has 4 nitrogen and oxygen atoms in total. The summed E-state index contributed by atoms with van der Waals surface area (Å²) < 4.78 is 8.19. The molecule has 2 aliphatic heterocycles. The fraction of sp³-hybridized carbons (Fsp3) is 0.786. The van der Waals surface area contributed by atoms with Crippen LogP contribution in [0.3, 0.4) is 0 Å². The van der Waals surface area contributed by atoms with Crippen LogP contribution in [0, 0.1) is 5.92 Å². The zero-order valence-electron chi connectivity index (χ0n) is 11.5. The highest BCUT2D eigenvalue weighted by molar-refractivity contribution is 7.99. The second kappa shape index (κ2) is 5.46. The van der Waals surface area contributed by atoms with E-state index in [1.165, 1.54) is 24.3 Å². The average Bonchev–Trinajstić information content (AvgIpc) is 2.85. The highest BCUT2D eigenvalue weighted by Crippen LogP contribution is 2.42. The third-order valence-corrected chi connectivity index (χ3v) is 5.62. The van der Waals surface area contributed by atoms with Crippen LogP contribution in [0.15, 0.2) is 12.5 Å². The van der Waals surface area contributed by atoms with Gasteiger partial charge in [-0.05, 0) is 43.1 Å². The van der Waals surface area contributed by atoms with E-state index in [1.54, 1.807) is 0 Å². The monoisotopic (exact) mass is 281 g/mol. The van der Waals surface area contributed by atoms with Gasteiger partial charge in [-0.2, -0.15) is 11.8 Å². The zero-order valence-corrected chi connectivity index (χ0v) is 12.4. The minimum absolute atomic E-state index is 0.0860. The summed E-state index contributed by atoms with van der Waals surface area (Å²) in [5.74, 6) is 2.98. The Morgan fingerprint density at radius 2 is 2.32 bits per heavy atom. The summed E-state index contributed by atoms with van der Waals surface area (Å²) >= 11 is 2.05. The highest BCUT2D eigenvalue weighted by atomic mass is 32.2. The van der Waals surface area contributed by atoms with Crippen molar-refractivity contribution in [3.8, 4) is 0 Å². The molecule has 0 saturated carbocycles. The largest absolute Gasteiger partial charge is 0.375 e. The molecule has 2 aliphatic rings. The maximum Gasteiger partial charge on any atom is 0.0946 e. The minimum Gasteiger partial charge on any atom is -0.375 e. The highest BCUT2D eigenvalue weighted by Gasteiger charge is 2.40. The number of nitrogens with two attached hydrogens (primary N) is 1. The Hall–Kier alpha value is -0.520. The van der Waals surface area contributed by atoms with Gasteiger partial charge >= 0.3 is 0 Å². The Labute approximate surface area is 119 Å². The molecule has 1 spiro atoms. The first-order valence-electron chi connectivity index (χ1n) is 7.14. The van der Waals surface area contributed by atoms with Crippen LogP contribution in [-0.4, -0.2) is 33.3 Å². The molecule has 19 heavy (non-hydrogen) atoms. The molecule has 0 aliphatic carbocycles. The van der Waals surface area contributed by atoms with Crippen LogP contribution in [0.25, 0.3) is 0 Å². The molecule has 2 atom stereocenters. The molecule has 1 aromatic heterocycles. The van der Waals surface area contributed by atoms with Crippen molar-refractivity contribution in [2.45, 2.75) is 37.3 Å². The van der Waals surface area contributed by atoms with Gasteiger partial charge in [0.25, 0.3) is 0 Å². The van der Waals surface area contributed by atoms with Crippen LogP contribution in [0.5, 0.6) is 0 Å². The number of hydrogen-bond acceptors (Lipinski definition) is 4. The second-order valence-electron chi connectivity index (χ2n) is 5.85. The lowest BCUT2D eigenvalue weighted by molar-refractivity contribution is -0.106. The van der Waals surface area contributed by atoms with Crippen LogP contribution in [0.2, 0.25) is 0 Å². The van der Waals surface area contributed by atoms with E-state index < -0.39 is 0 Å². The van der Waals surface area contributed by atoms with Crippen molar-refractivity contribution in [1.82, 2.24) is 9.55 Å². The van der Waals surface area contributed by atoms with Gasteiger partial charge in [0, 0.05) is 25.9 Å². The van der Waals surface area contributed by atoms with Crippen molar-refractivity contribution in [3.05, 3.63) is 18.2 Å². The SMILES string of the molecule is Cn1cncc1C(N)C1CCOC2(CCSCC2)C1. The van der Waals surface area contributed by atoms with Crippen molar-refractivity contribution in [1.29, 1.82) is 0 Å². The first kappa shape index (κ1) is 13.5. The molecule has 3 heterocycles. The molecule has 2 N–H and O–H groups in total. The molecule has 0 radical (unpaired) electrons. The Morgan fingerprint density at radius 1 is 1.53 bits per heavy atom. The maximum absolute atomic E-state index is 6.48. The summed E-state index contributed by atoms with van der Waals surface area (Å²) in [7, 11) is 2.02. The van der Waals surface area contributed by atoms with Crippen LogP contribution in [0.4, 0.5) is 0 Å².